The summed E-state index contributed by atoms with van der Waals surface area (Å²) in [4.78, 5) is 5.94. The zero-order valence-electron chi connectivity index (χ0n) is 20.8. The number of ether oxygens (including phenoxy) is 2. The molecule has 1 N–H and O–H groups in total. The van der Waals surface area contributed by atoms with Gasteiger partial charge in [0.05, 0.1) is 23.4 Å². The van der Waals surface area contributed by atoms with Gasteiger partial charge in [-0.3, -0.25) is 5.43 Å². The number of nitrogens with one attached hydrogen (secondary N) is 1. The third kappa shape index (κ3) is 6.22. The van der Waals surface area contributed by atoms with Crippen LogP contribution in [0.1, 0.15) is 18.1 Å². The standard InChI is InChI=1S/C31H26ClN3O2S/c1-2-36-28-19-22(17-18-27(28)37-21-25-15-9-10-16-26(25)32)20-33-35-31-34-29(23-11-5-3-6-12-23)30(38-31)24-13-7-4-8-14-24/h3-20H,2,21H2,1H3,(H,34,35)/b33-20-. The summed E-state index contributed by atoms with van der Waals surface area (Å²) in [5.74, 6) is 1.30. The van der Waals surface area contributed by atoms with Crippen molar-refractivity contribution in [1.29, 1.82) is 0 Å². The van der Waals surface area contributed by atoms with Crippen LogP contribution in [0.3, 0.4) is 0 Å². The van der Waals surface area contributed by atoms with Gasteiger partial charge in [-0.15, -0.1) is 0 Å². The number of thiazole rings is 1. The van der Waals surface area contributed by atoms with E-state index in [0.717, 1.165) is 32.8 Å². The number of anilines is 1. The van der Waals surface area contributed by atoms with Crippen LogP contribution in [-0.2, 0) is 6.61 Å². The Bertz CT molecular complexity index is 1460. The van der Waals surface area contributed by atoms with Crippen LogP contribution >= 0.6 is 22.9 Å². The van der Waals surface area contributed by atoms with Crippen LogP contribution in [0.2, 0.25) is 5.02 Å². The van der Waals surface area contributed by atoms with E-state index in [9.17, 15) is 0 Å². The van der Waals surface area contributed by atoms with Gasteiger partial charge in [-0.1, -0.05) is 102 Å². The molecule has 4 aromatic carbocycles. The molecule has 0 spiro atoms. The van der Waals surface area contributed by atoms with E-state index in [2.05, 4.69) is 34.8 Å². The number of benzene rings is 4. The van der Waals surface area contributed by atoms with Crippen molar-refractivity contribution in [2.45, 2.75) is 13.5 Å². The highest BCUT2D eigenvalue weighted by molar-refractivity contribution is 7.19. The quantitative estimate of drug-likeness (QED) is 0.143. The summed E-state index contributed by atoms with van der Waals surface area (Å²) in [5, 5.41) is 5.83. The topological polar surface area (TPSA) is 55.7 Å². The normalized spacial score (nSPS) is 11.0. The van der Waals surface area contributed by atoms with Crippen LogP contribution in [0.5, 0.6) is 11.5 Å². The largest absolute Gasteiger partial charge is 0.490 e. The maximum Gasteiger partial charge on any atom is 0.204 e. The molecule has 0 atom stereocenters. The van der Waals surface area contributed by atoms with Crippen molar-refractivity contribution in [3.05, 3.63) is 119 Å². The van der Waals surface area contributed by atoms with Crippen molar-refractivity contribution in [3.63, 3.8) is 0 Å². The molecule has 7 heteroatoms. The maximum absolute atomic E-state index is 6.27. The van der Waals surface area contributed by atoms with Crippen LogP contribution < -0.4 is 14.9 Å². The van der Waals surface area contributed by atoms with Gasteiger partial charge in [-0.25, -0.2) is 4.98 Å². The first-order valence-electron chi connectivity index (χ1n) is 12.2. The first kappa shape index (κ1) is 25.5. The molecule has 1 aromatic heterocycles. The zero-order chi connectivity index (χ0) is 26.2. The first-order chi connectivity index (χ1) is 18.7. The van der Waals surface area contributed by atoms with Crippen LogP contribution in [0.15, 0.2) is 108 Å². The Labute approximate surface area is 231 Å². The first-order valence-corrected chi connectivity index (χ1v) is 13.4. The highest BCUT2D eigenvalue weighted by atomic mass is 35.5. The molecule has 0 amide bonds. The fourth-order valence-corrected chi connectivity index (χ4v) is 5.00. The monoisotopic (exact) mass is 539 g/mol. The third-order valence-electron chi connectivity index (χ3n) is 5.69. The summed E-state index contributed by atoms with van der Waals surface area (Å²) < 4.78 is 11.8. The predicted molar refractivity (Wildman–Crippen MR) is 158 cm³/mol. The van der Waals surface area contributed by atoms with Gasteiger partial charge in [0.25, 0.3) is 0 Å². The lowest BCUT2D eigenvalue weighted by Crippen LogP contribution is -2.01. The van der Waals surface area contributed by atoms with Crippen molar-refractivity contribution in [2.24, 2.45) is 5.10 Å². The molecule has 0 aliphatic carbocycles. The van der Waals surface area contributed by atoms with Crippen molar-refractivity contribution < 1.29 is 9.47 Å². The SMILES string of the molecule is CCOc1cc(/C=N\Nc2nc(-c3ccccc3)c(-c3ccccc3)s2)ccc1OCc1ccccc1Cl. The molecule has 1 heterocycles. The summed E-state index contributed by atoms with van der Waals surface area (Å²) in [5.41, 5.74) is 8.00. The zero-order valence-corrected chi connectivity index (χ0v) is 22.4. The van der Waals surface area contributed by atoms with E-state index >= 15 is 0 Å². The Kier molecular flexibility index (Phi) is 8.33. The average molecular weight is 540 g/mol. The summed E-state index contributed by atoms with van der Waals surface area (Å²) in [6, 6.07) is 33.8. The molecule has 190 valence electrons. The number of hydrogen-bond donors (Lipinski definition) is 1. The van der Waals surface area contributed by atoms with Crippen molar-refractivity contribution >= 4 is 34.3 Å². The molecule has 0 radical (unpaired) electrons. The Hall–Kier alpha value is -4.13. The second kappa shape index (κ2) is 12.4. The molecule has 5 nitrogen and oxygen atoms in total. The van der Waals surface area contributed by atoms with E-state index in [-0.39, 0.29) is 0 Å². The van der Waals surface area contributed by atoms with E-state index in [1.807, 2.05) is 85.8 Å². The van der Waals surface area contributed by atoms with Crippen molar-refractivity contribution in [2.75, 3.05) is 12.0 Å². The molecule has 0 bridgehead atoms. The molecule has 38 heavy (non-hydrogen) atoms. The predicted octanol–water partition coefficient (Wildman–Crippen LogP) is 8.55. The fraction of sp³-hybridized carbons (Fsp3) is 0.0968. The number of halogens is 1. The second-order valence-electron chi connectivity index (χ2n) is 8.32. The minimum atomic E-state index is 0.353. The third-order valence-corrected chi connectivity index (χ3v) is 7.07. The van der Waals surface area contributed by atoms with Gasteiger partial charge in [0.1, 0.15) is 6.61 Å². The van der Waals surface area contributed by atoms with Crippen LogP contribution in [0.4, 0.5) is 5.13 Å². The molecular formula is C31H26ClN3O2S. The Morgan fingerprint density at radius 2 is 1.55 bits per heavy atom. The van der Waals surface area contributed by atoms with Gasteiger partial charge < -0.3 is 9.47 Å². The van der Waals surface area contributed by atoms with E-state index < -0.39 is 0 Å². The Morgan fingerprint density at radius 3 is 2.29 bits per heavy atom. The van der Waals surface area contributed by atoms with Gasteiger partial charge in [-0.2, -0.15) is 5.10 Å². The maximum atomic E-state index is 6.27. The lowest BCUT2D eigenvalue weighted by atomic mass is 10.1. The van der Waals surface area contributed by atoms with Crippen LogP contribution in [0, 0.1) is 0 Å². The molecule has 0 fully saturated rings. The highest BCUT2D eigenvalue weighted by Crippen LogP contribution is 2.39. The molecule has 5 aromatic rings. The van der Waals surface area contributed by atoms with E-state index in [4.69, 9.17) is 26.1 Å². The van der Waals surface area contributed by atoms with Crippen LogP contribution in [0.25, 0.3) is 21.7 Å². The molecular weight excluding hydrogens is 514 g/mol. The van der Waals surface area contributed by atoms with E-state index in [1.165, 1.54) is 0 Å². The summed E-state index contributed by atoms with van der Waals surface area (Å²) in [6.07, 6.45) is 1.74. The number of aromatic nitrogens is 1. The number of hydrazone groups is 1. The Morgan fingerprint density at radius 1 is 0.842 bits per heavy atom. The molecule has 0 aliphatic rings. The minimum Gasteiger partial charge on any atom is -0.490 e. The average Bonchev–Trinajstić information content (AvgIpc) is 3.39. The lowest BCUT2D eigenvalue weighted by Gasteiger charge is -2.13. The minimum absolute atomic E-state index is 0.353. The van der Waals surface area contributed by atoms with Gasteiger partial charge in [0.2, 0.25) is 5.13 Å². The highest BCUT2D eigenvalue weighted by Gasteiger charge is 2.14. The number of nitrogens with zero attached hydrogens (tertiary/aromatic N) is 2. The molecule has 0 aliphatic heterocycles. The van der Waals surface area contributed by atoms with Crippen molar-refractivity contribution in [3.8, 4) is 33.2 Å². The second-order valence-corrected chi connectivity index (χ2v) is 9.72. The summed E-state index contributed by atoms with van der Waals surface area (Å²) >= 11 is 7.84. The number of rotatable bonds is 10. The summed E-state index contributed by atoms with van der Waals surface area (Å²) in [6.45, 7) is 2.81. The van der Waals surface area contributed by atoms with Gasteiger partial charge in [0, 0.05) is 16.1 Å². The molecule has 0 saturated heterocycles. The van der Waals surface area contributed by atoms with Crippen molar-refractivity contribution in [1.82, 2.24) is 4.98 Å². The molecule has 5 rings (SSSR count). The smallest absolute Gasteiger partial charge is 0.204 e. The number of hydrogen-bond acceptors (Lipinski definition) is 6. The van der Waals surface area contributed by atoms with E-state index in [1.54, 1.807) is 17.6 Å². The summed E-state index contributed by atoms with van der Waals surface area (Å²) in [7, 11) is 0. The van der Waals surface area contributed by atoms with Gasteiger partial charge in [0.15, 0.2) is 11.5 Å². The molecule has 0 saturated carbocycles. The fourth-order valence-electron chi connectivity index (χ4n) is 3.87. The van der Waals surface area contributed by atoms with Gasteiger partial charge >= 0.3 is 0 Å². The van der Waals surface area contributed by atoms with Crippen LogP contribution in [-0.4, -0.2) is 17.8 Å². The van der Waals surface area contributed by atoms with E-state index in [0.29, 0.717) is 34.9 Å². The molecule has 0 unspecified atom stereocenters. The van der Waals surface area contributed by atoms with Gasteiger partial charge in [-0.05, 0) is 42.3 Å². The Balaban J connectivity index is 1.33. The lowest BCUT2D eigenvalue weighted by molar-refractivity contribution is 0.269.